The molecule has 0 spiro atoms. The van der Waals surface area contributed by atoms with Crippen LogP contribution in [-0.2, 0) is 11.3 Å². The Hall–Kier alpha value is -2.67. The van der Waals surface area contributed by atoms with E-state index < -0.39 is 0 Å². The minimum absolute atomic E-state index is 0.170. The van der Waals surface area contributed by atoms with Gasteiger partial charge in [-0.3, -0.25) is 4.79 Å². The number of nitrogens with one attached hydrogen (secondary N) is 1. The molecule has 3 rings (SSSR count). The Morgan fingerprint density at radius 2 is 2.04 bits per heavy atom. The van der Waals surface area contributed by atoms with Gasteiger partial charge in [0.2, 0.25) is 5.91 Å². The molecule has 1 aromatic heterocycles. The van der Waals surface area contributed by atoms with Crippen molar-refractivity contribution in [1.82, 2.24) is 14.9 Å². The van der Waals surface area contributed by atoms with Crippen LogP contribution in [0, 0.1) is 18.6 Å². The number of benzene rings is 2. The van der Waals surface area contributed by atoms with Crippen LogP contribution in [0.5, 0.6) is 0 Å². The summed E-state index contributed by atoms with van der Waals surface area (Å²) in [6.07, 6.45) is 3.70. The van der Waals surface area contributed by atoms with Crippen LogP contribution >= 0.6 is 11.8 Å². The quantitative estimate of drug-likeness (QED) is 0.617. The SMILES string of the molecule is Cc1nccn1-c1ccc(F)cc1CNC(=O)CCSc1ccccc1F. The van der Waals surface area contributed by atoms with Crippen LogP contribution in [0.1, 0.15) is 17.8 Å². The average molecular weight is 387 g/mol. The average Bonchev–Trinajstić information content (AvgIpc) is 3.07. The molecule has 1 heterocycles. The lowest BCUT2D eigenvalue weighted by atomic mass is 10.1. The number of imidazole rings is 1. The normalized spacial score (nSPS) is 10.8. The third-order valence-corrected chi connectivity index (χ3v) is 5.08. The first-order valence-corrected chi connectivity index (χ1v) is 9.46. The molecule has 0 unspecified atom stereocenters. The first kappa shape index (κ1) is 19.1. The van der Waals surface area contributed by atoms with E-state index in [4.69, 9.17) is 0 Å². The van der Waals surface area contributed by atoms with E-state index in [2.05, 4.69) is 10.3 Å². The molecule has 4 nitrogen and oxygen atoms in total. The number of carbonyl (C=O) groups excluding carboxylic acids is 1. The van der Waals surface area contributed by atoms with Crippen molar-refractivity contribution < 1.29 is 13.6 Å². The standard InChI is InChI=1S/C20H19F2N3OS/c1-14-23-9-10-25(14)18-7-6-16(21)12-15(18)13-24-20(26)8-11-27-19-5-3-2-4-17(19)22/h2-7,9-10,12H,8,11,13H2,1H3,(H,24,26). The van der Waals surface area contributed by atoms with Gasteiger partial charge in [-0.25, -0.2) is 13.8 Å². The van der Waals surface area contributed by atoms with Gasteiger partial charge in [-0.15, -0.1) is 11.8 Å². The number of hydrogen-bond donors (Lipinski definition) is 1. The van der Waals surface area contributed by atoms with Crippen molar-refractivity contribution in [3.05, 3.63) is 77.9 Å². The Morgan fingerprint density at radius 1 is 1.22 bits per heavy atom. The number of aromatic nitrogens is 2. The highest BCUT2D eigenvalue weighted by Gasteiger charge is 2.10. The fourth-order valence-corrected chi connectivity index (χ4v) is 3.55. The molecule has 0 saturated heterocycles. The van der Waals surface area contributed by atoms with Crippen LogP contribution < -0.4 is 5.32 Å². The maximum atomic E-state index is 13.7. The molecule has 0 saturated carbocycles. The van der Waals surface area contributed by atoms with Crippen molar-refractivity contribution in [1.29, 1.82) is 0 Å². The third kappa shape index (κ3) is 4.95. The van der Waals surface area contributed by atoms with E-state index in [1.165, 1.54) is 30.0 Å². The molecule has 2 aromatic carbocycles. The zero-order valence-electron chi connectivity index (χ0n) is 14.8. The van der Waals surface area contributed by atoms with E-state index in [0.717, 1.165) is 11.5 Å². The molecular formula is C20H19F2N3OS. The van der Waals surface area contributed by atoms with Gasteiger partial charge in [0.25, 0.3) is 0 Å². The second kappa shape index (κ2) is 8.81. The van der Waals surface area contributed by atoms with Gasteiger partial charge in [0.1, 0.15) is 17.5 Å². The smallest absolute Gasteiger partial charge is 0.221 e. The van der Waals surface area contributed by atoms with Gasteiger partial charge in [-0.05, 0) is 42.8 Å². The van der Waals surface area contributed by atoms with Gasteiger partial charge < -0.3 is 9.88 Å². The number of rotatable bonds is 7. The summed E-state index contributed by atoms with van der Waals surface area (Å²) in [4.78, 5) is 16.8. The molecule has 0 fully saturated rings. The van der Waals surface area contributed by atoms with E-state index in [1.54, 1.807) is 36.7 Å². The molecule has 7 heteroatoms. The number of aryl methyl sites for hydroxylation is 1. The van der Waals surface area contributed by atoms with Gasteiger partial charge in [-0.2, -0.15) is 0 Å². The summed E-state index contributed by atoms with van der Waals surface area (Å²) < 4.78 is 29.1. The van der Waals surface area contributed by atoms with Crippen LogP contribution in [-0.4, -0.2) is 21.2 Å². The van der Waals surface area contributed by atoms with Crippen LogP contribution in [0.25, 0.3) is 5.69 Å². The van der Waals surface area contributed by atoms with E-state index in [1.807, 2.05) is 11.5 Å². The highest BCUT2D eigenvalue weighted by atomic mass is 32.2. The van der Waals surface area contributed by atoms with Gasteiger partial charge in [-0.1, -0.05) is 12.1 Å². The second-order valence-corrected chi connectivity index (χ2v) is 7.06. The lowest BCUT2D eigenvalue weighted by molar-refractivity contribution is -0.120. The molecule has 0 aliphatic heterocycles. The molecule has 0 radical (unpaired) electrons. The number of nitrogens with zero attached hydrogens (tertiary/aromatic N) is 2. The van der Waals surface area contributed by atoms with E-state index in [0.29, 0.717) is 16.2 Å². The zero-order valence-corrected chi connectivity index (χ0v) is 15.6. The predicted molar refractivity (Wildman–Crippen MR) is 102 cm³/mol. The molecule has 0 aliphatic rings. The Morgan fingerprint density at radius 3 is 2.78 bits per heavy atom. The van der Waals surface area contributed by atoms with Crippen molar-refractivity contribution in [3.63, 3.8) is 0 Å². The molecule has 1 amide bonds. The maximum Gasteiger partial charge on any atom is 0.221 e. The van der Waals surface area contributed by atoms with Crippen LogP contribution in [0.2, 0.25) is 0 Å². The minimum Gasteiger partial charge on any atom is -0.352 e. The van der Waals surface area contributed by atoms with Crippen LogP contribution in [0.4, 0.5) is 8.78 Å². The summed E-state index contributed by atoms with van der Waals surface area (Å²) >= 11 is 1.29. The van der Waals surface area contributed by atoms with Gasteiger partial charge >= 0.3 is 0 Å². The first-order chi connectivity index (χ1) is 13.0. The van der Waals surface area contributed by atoms with E-state index in [9.17, 15) is 13.6 Å². The minimum atomic E-state index is -0.365. The van der Waals surface area contributed by atoms with Crippen LogP contribution in [0.3, 0.4) is 0 Å². The number of carbonyl (C=O) groups is 1. The molecular weight excluding hydrogens is 368 g/mol. The Balaban J connectivity index is 1.58. The monoisotopic (exact) mass is 387 g/mol. The summed E-state index contributed by atoms with van der Waals surface area (Å²) in [6.45, 7) is 2.06. The lowest BCUT2D eigenvalue weighted by Gasteiger charge is -2.13. The highest BCUT2D eigenvalue weighted by molar-refractivity contribution is 7.99. The summed E-state index contributed by atoms with van der Waals surface area (Å²) in [5, 5.41) is 2.80. The topological polar surface area (TPSA) is 46.9 Å². The van der Waals surface area contributed by atoms with Gasteiger partial charge in [0.05, 0.1) is 5.69 Å². The van der Waals surface area contributed by atoms with Crippen molar-refractivity contribution in [2.75, 3.05) is 5.75 Å². The largest absolute Gasteiger partial charge is 0.352 e. The molecule has 140 valence electrons. The second-order valence-electron chi connectivity index (χ2n) is 5.92. The lowest BCUT2D eigenvalue weighted by Crippen LogP contribution is -2.24. The summed E-state index contributed by atoms with van der Waals surface area (Å²) in [6, 6.07) is 10.9. The van der Waals surface area contributed by atoms with E-state index in [-0.39, 0.29) is 30.5 Å². The first-order valence-electron chi connectivity index (χ1n) is 8.47. The Bertz CT molecular complexity index is 942. The third-order valence-electron chi connectivity index (χ3n) is 4.03. The fourth-order valence-electron chi connectivity index (χ4n) is 2.66. The molecule has 0 aliphatic carbocycles. The molecule has 3 aromatic rings. The van der Waals surface area contributed by atoms with Crippen molar-refractivity contribution in [2.24, 2.45) is 0 Å². The molecule has 0 bridgehead atoms. The van der Waals surface area contributed by atoms with Crippen molar-refractivity contribution in [2.45, 2.75) is 24.8 Å². The van der Waals surface area contributed by atoms with Gasteiger partial charge in [0.15, 0.2) is 0 Å². The summed E-state index contributed by atoms with van der Waals surface area (Å²) in [5.74, 6) is 0.411. The van der Waals surface area contributed by atoms with Gasteiger partial charge in [0, 0.05) is 36.0 Å². The Kier molecular flexibility index (Phi) is 6.24. The van der Waals surface area contributed by atoms with Crippen molar-refractivity contribution >= 4 is 17.7 Å². The molecule has 27 heavy (non-hydrogen) atoms. The van der Waals surface area contributed by atoms with E-state index >= 15 is 0 Å². The zero-order chi connectivity index (χ0) is 19.2. The Labute approximate surface area is 160 Å². The highest BCUT2D eigenvalue weighted by Crippen LogP contribution is 2.22. The number of thioether (sulfide) groups is 1. The summed E-state index contributed by atoms with van der Waals surface area (Å²) in [7, 11) is 0. The maximum absolute atomic E-state index is 13.7. The number of amides is 1. The number of hydrogen-bond acceptors (Lipinski definition) is 3. The predicted octanol–water partition coefficient (Wildman–Crippen LogP) is 4.26. The summed E-state index contributed by atoms with van der Waals surface area (Å²) in [5.41, 5.74) is 1.43. The fraction of sp³-hybridized carbons (Fsp3) is 0.200. The molecule has 1 N–H and O–H groups in total. The number of halogens is 2. The van der Waals surface area contributed by atoms with Crippen LogP contribution in [0.15, 0.2) is 59.8 Å². The van der Waals surface area contributed by atoms with Crippen molar-refractivity contribution in [3.8, 4) is 5.69 Å². The molecule has 0 atom stereocenters.